The predicted molar refractivity (Wildman–Crippen MR) is 90.8 cm³/mol. The molecule has 2 aliphatic rings. The highest BCUT2D eigenvalue weighted by molar-refractivity contribution is 5.86. The van der Waals surface area contributed by atoms with Crippen LogP contribution in [0.2, 0.25) is 0 Å². The lowest BCUT2D eigenvalue weighted by Gasteiger charge is -2.39. The Hall–Kier alpha value is -1.50. The molecule has 4 rings (SSSR count). The zero-order chi connectivity index (χ0) is 14.7. The monoisotopic (exact) mass is 279 g/mol. The molecule has 1 heteroatoms. The molecule has 0 N–H and O–H groups in total. The minimum absolute atomic E-state index is 0.489. The van der Waals surface area contributed by atoms with Gasteiger partial charge in [0.1, 0.15) is 0 Å². The Morgan fingerprint density at radius 1 is 0.952 bits per heavy atom. The van der Waals surface area contributed by atoms with Crippen LogP contribution in [0.25, 0.3) is 10.8 Å². The van der Waals surface area contributed by atoms with Gasteiger partial charge in [-0.25, -0.2) is 0 Å². The fraction of sp³-hybridized carbons (Fsp3) is 0.500. The van der Waals surface area contributed by atoms with E-state index in [9.17, 15) is 0 Å². The molecular weight excluding hydrogens is 254 g/mol. The molecule has 2 aromatic rings. The molecule has 1 saturated carbocycles. The van der Waals surface area contributed by atoms with Gasteiger partial charge >= 0.3 is 0 Å². The molecule has 0 amide bonds. The zero-order valence-corrected chi connectivity index (χ0v) is 13.4. The standard InChI is InChI=1S/C20H25N/c1-19(2)11-18-12-20(3,13-19)14-21(18)17-9-8-15-6-4-5-7-16(15)10-17/h4-10,18H,11-14H2,1-3H3/t18-,20-/m0/s1. The molecule has 21 heavy (non-hydrogen) atoms. The van der Waals surface area contributed by atoms with Crippen molar-refractivity contribution in [3.05, 3.63) is 42.5 Å². The van der Waals surface area contributed by atoms with Crippen molar-refractivity contribution in [2.75, 3.05) is 11.4 Å². The second-order valence-electron chi connectivity index (χ2n) is 8.37. The fourth-order valence-corrected chi connectivity index (χ4v) is 5.12. The van der Waals surface area contributed by atoms with Gasteiger partial charge in [0.2, 0.25) is 0 Å². The molecule has 2 fully saturated rings. The molecule has 1 heterocycles. The van der Waals surface area contributed by atoms with Crippen LogP contribution in [0.5, 0.6) is 0 Å². The molecule has 0 aromatic heterocycles. The summed E-state index contributed by atoms with van der Waals surface area (Å²) < 4.78 is 0. The zero-order valence-electron chi connectivity index (χ0n) is 13.4. The van der Waals surface area contributed by atoms with E-state index in [1.54, 1.807) is 0 Å². The smallest absolute Gasteiger partial charge is 0.0375 e. The Kier molecular flexibility index (Phi) is 2.67. The SMILES string of the molecule is CC1(C)C[C@H]2C[C@](C)(CN2c2ccc3ccccc3c2)C1. The van der Waals surface area contributed by atoms with Gasteiger partial charge in [-0.2, -0.15) is 0 Å². The van der Waals surface area contributed by atoms with Crippen LogP contribution < -0.4 is 4.90 Å². The van der Waals surface area contributed by atoms with Crippen molar-refractivity contribution >= 4 is 16.5 Å². The number of nitrogens with zero attached hydrogens (tertiary/aromatic N) is 1. The first-order valence-corrected chi connectivity index (χ1v) is 8.20. The highest BCUT2D eigenvalue weighted by Gasteiger charge is 2.49. The molecule has 1 aliphatic carbocycles. The van der Waals surface area contributed by atoms with Crippen LogP contribution >= 0.6 is 0 Å². The summed E-state index contributed by atoms with van der Waals surface area (Å²) in [6.07, 6.45) is 4.05. The summed E-state index contributed by atoms with van der Waals surface area (Å²) in [6.45, 7) is 8.60. The number of fused-ring (bicyclic) bond motifs is 3. The number of hydrogen-bond acceptors (Lipinski definition) is 1. The van der Waals surface area contributed by atoms with Crippen molar-refractivity contribution in [1.82, 2.24) is 0 Å². The lowest BCUT2D eigenvalue weighted by molar-refractivity contribution is 0.136. The van der Waals surface area contributed by atoms with Crippen molar-refractivity contribution in [1.29, 1.82) is 0 Å². The Balaban J connectivity index is 1.72. The van der Waals surface area contributed by atoms with Crippen LogP contribution in [-0.2, 0) is 0 Å². The minimum atomic E-state index is 0.489. The van der Waals surface area contributed by atoms with E-state index in [2.05, 4.69) is 68.1 Å². The molecular formula is C20H25N. The van der Waals surface area contributed by atoms with Crippen LogP contribution in [0.4, 0.5) is 5.69 Å². The topological polar surface area (TPSA) is 3.24 Å². The summed E-state index contributed by atoms with van der Waals surface area (Å²) in [5, 5.41) is 2.70. The first-order chi connectivity index (χ1) is 9.94. The summed E-state index contributed by atoms with van der Waals surface area (Å²) in [5.74, 6) is 0. The van der Waals surface area contributed by atoms with Crippen LogP contribution in [0.1, 0.15) is 40.0 Å². The van der Waals surface area contributed by atoms with Gasteiger partial charge in [-0.1, -0.05) is 51.1 Å². The summed E-state index contributed by atoms with van der Waals surface area (Å²) in [7, 11) is 0. The summed E-state index contributed by atoms with van der Waals surface area (Å²) >= 11 is 0. The molecule has 0 radical (unpaired) electrons. The van der Waals surface area contributed by atoms with Crippen molar-refractivity contribution in [2.45, 2.75) is 46.1 Å². The molecule has 2 bridgehead atoms. The van der Waals surface area contributed by atoms with Gasteiger partial charge < -0.3 is 4.90 Å². The highest BCUT2D eigenvalue weighted by Crippen LogP contribution is 2.53. The molecule has 2 atom stereocenters. The van der Waals surface area contributed by atoms with Crippen LogP contribution in [-0.4, -0.2) is 12.6 Å². The first kappa shape index (κ1) is 13.2. The normalized spacial score (nSPS) is 30.8. The van der Waals surface area contributed by atoms with Gasteiger partial charge in [-0.3, -0.25) is 0 Å². The van der Waals surface area contributed by atoms with Crippen molar-refractivity contribution in [3.63, 3.8) is 0 Å². The van der Waals surface area contributed by atoms with E-state index < -0.39 is 0 Å². The third-order valence-corrected chi connectivity index (χ3v) is 5.48. The number of rotatable bonds is 1. The van der Waals surface area contributed by atoms with Crippen molar-refractivity contribution in [2.24, 2.45) is 10.8 Å². The maximum atomic E-state index is 2.68. The molecule has 2 aromatic carbocycles. The van der Waals surface area contributed by atoms with E-state index in [4.69, 9.17) is 0 Å². The Labute approximate surface area is 128 Å². The molecule has 1 nitrogen and oxygen atoms in total. The Bertz CT molecular complexity index is 687. The van der Waals surface area contributed by atoms with Gasteiger partial charge in [0.25, 0.3) is 0 Å². The summed E-state index contributed by atoms with van der Waals surface area (Å²) in [6, 6.07) is 16.4. The molecule has 110 valence electrons. The summed E-state index contributed by atoms with van der Waals surface area (Å²) in [4.78, 5) is 2.68. The fourth-order valence-electron chi connectivity index (χ4n) is 5.12. The Morgan fingerprint density at radius 2 is 1.71 bits per heavy atom. The quantitative estimate of drug-likeness (QED) is 0.689. The lowest BCUT2D eigenvalue weighted by Crippen LogP contribution is -2.34. The number of benzene rings is 2. The van der Waals surface area contributed by atoms with E-state index in [-0.39, 0.29) is 0 Å². The molecule has 1 aliphatic heterocycles. The van der Waals surface area contributed by atoms with Crippen LogP contribution in [0.15, 0.2) is 42.5 Å². The maximum absolute atomic E-state index is 2.68. The van der Waals surface area contributed by atoms with Gasteiger partial charge in [0.05, 0.1) is 0 Å². The second-order valence-corrected chi connectivity index (χ2v) is 8.37. The third-order valence-electron chi connectivity index (χ3n) is 5.48. The lowest BCUT2D eigenvalue weighted by atomic mass is 9.65. The van der Waals surface area contributed by atoms with E-state index in [1.807, 2.05) is 0 Å². The van der Waals surface area contributed by atoms with Gasteiger partial charge in [-0.05, 0) is 53.0 Å². The molecule has 1 saturated heterocycles. The first-order valence-electron chi connectivity index (χ1n) is 8.20. The van der Waals surface area contributed by atoms with E-state index in [0.717, 1.165) is 6.04 Å². The maximum Gasteiger partial charge on any atom is 0.0375 e. The van der Waals surface area contributed by atoms with Gasteiger partial charge in [0.15, 0.2) is 0 Å². The molecule has 0 spiro atoms. The van der Waals surface area contributed by atoms with Gasteiger partial charge in [0, 0.05) is 18.3 Å². The van der Waals surface area contributed by atoms with E-state index in [0.29, 0.717) is 10.8 Å². The number of anilines is 1. The predicted octanol–water partition coefficient (Wildman–Crippen LogP) is 5.24. The largest absolute Gasteiger partial charge is 0.368 e. The minimum Gasteiger partial charge on any atom is -0.368 e. The second kappa shape index (κ2) is 4.25. The average molecular weight is 279 g/mol. The third kappa shape index (κ3) is 2.23. The van der Waals surface area contributed by atoms with E-state index in [1.165, 1.54) is 42.3 Å². The Morgan fingerprint density at radius 3 is 2.52 bits per heavy atom. The number of hydrogen-bond donors (Lipinski definition) is 0. The molecule has 0 unspecified atom stereocenters. The average Bonchev–Trinajstić information content (AvgIpc) is 2.67. The van der Waals surface area contributed by atoms with Crippen molar-refractivity contribution < 1.29 is 0 Å². The van der Waals surface area contributed by atoms with Crippen molar-refractivity contribution in [3.8, 4) is 0 Å². The highest BCUT2D eigenvalue weighted by atomic mass is 15.2. The van der Waals surface area contributed by atoms with Crippen LogP contribution in [0.3, 0.4) is 0 Å². The van der Waals surface area contributed by atoms with E-state index >= 15 is 0 Å². The van der Waals surface area contributed by atoms with Gasteiger partial charge in [-0.15, -0.1) is 0 Å². The van der Waals surface area contributed by atoms with Crippen LogP contribution in [0, 0.1) is 10.8 Å². The summed E-state index contributed by atoms with van der Waals surface area (Å²) in [5.41, 5.74) is 2.40.